The lowest BCUT2D eigenvalue weighted by Crippen LogP contribution is -2.30. The van der Waals surface area contributed by atoms with Crippen molar-refractivity contribution in [3.8, 4) is 0 Å². The zero-order valence-corrected chi connectivity index (χ0v) is 12.8. The predicted molar refractivity (Wildman–Crippen MR) is 80.6 cm³/mol. The van der Waals surface area contributed by atoms with Crippen LogP contribution in [0.1, 0.15) is 35.1 Å². The third-order valence-electron chi connectivity index (χ3n) is 4.83. The van der Waals surface area contributed by atoms with Crippen LogP contribution in [-0.2, 0) is 6.42 Å². The molecular formula is C17H27NO. The molecule has 2 heteroatoms. The fourth-order valence-electron chi connectivity index (χ4n) is 2.79. The van der Waals surface area contributed by atoms with Gasteiger partial charge in [0.15, 0.2) is 0 Å². The minimum atomic E-state index is 0.229. The van der Waals surface area contributed by atoms with Crippen molar-refractivity contribution < 1.29 is 5.11 Å². The van der Waals surface area contributed by atoms with Crippen molar-refractivity contribution >= 4 is 0 Å². The Balaban J connectivity index is 1.90. The molecule has 1 fully saturated rings. The van der Waals surface area contributed by atoms with Crippen molar-refractivity contribution in [2.75, 3.05) is 26.7 Å². The molecule has 1 N–H and O–H groups in total. The number of aryl methyl sites for hydroxylation is 1. The van der Waals surface area contributed by atoms with E-state index in [0.717, 1.165) is 19.5 Å². The van der Waals surface area contributed by atoms with Crippen molar-refractivity contribution in [2.24, 2.45) is 5.41 Å². The van der Waals surface area contributed by atoms with E-state index in [2.05, 4.69) is 44.9 Å². The van der Waals surface area contributed by atoms with E-state index < -0.39 is 0 Å². The maximum atomic E-state index is 9.38. The summed E-state index contributed by atoms with van der Waals surface area (Å²) in [6.07, 6.45) is 3.48. The van der Waals surface area contributed by atoms with Crippen molar-refractivity contribution in [3.63, 3.8) is 0 Å². The van der Waals surface area contributed by atoms with Crippen LogP contribution in [0.4, 0.5) is 0 Å². The quantitative estimate of drug-likeness (QED) is 0.851. The van der Waals surface area contributed by atoms with E-state index in [9.17, 15) is 5.11 Å². The molecule has 1 aromatic rings. The second-order valence-electron chi connectivity index (χ2n) is 6.44. The van der Waals surface area contributed by atoms with Crippen LogP contribution < -0.4 is 0 Å². The van der Waals surface area contributed by atoms with E-state index in [1.807, 2.05) is 0 Å². The predicted octanol–water partition coefficient (Wildman–Crippen LogP) is 2.86. The van der Waals surface area contributed by atoms with Gasteiger partial charge in [0.25, 0.3) is 0 Å². The van der Waals surface area contributed by atoms with Gasteiger partial charge in [-0.2, -0.15) is 0 Å². The molecule has 1 aliphatic rings. The second-order valence-corrected chi connectivity index (χ2v) is 6.44. The molecule has 0 bridgehead atoms. The van der Waals surface area contributed by atoms with E-state index in [0.29, 0.717) is 6.61 Å². The highest BCUT2D eigenvalue weighted by molar-refractivity contribution is 5.38. The Morgan fingerprint density at radius 1 is 1.16 bits per heavy atom. The molecule has 2 nitrogen and oxygen atoms in total. The summed E-state index contributed by atoms with van der Waals surface area (Å²) in [5.74, 6) is 0. The van der Waals surface area contributed by atoms with Crippen LogP contribution in [0.3, 0.4) is 0 Å². The number of hydrogen-bond acceptors (Lipinski definition) is 2. The number of benzene rings is 1. The minimum absolute atomic E-state index is 0.229. The summed E-state index contributed by atoms with van der Waals surface area (Å²) in [4.78, 5) is 2.37. The van der Waals surface area contributed by atoms with Gasteiger partial charge in [-0.1, -0.05) is 12.1 Å². The summed E-state index contributed by atoms with van der Waals surface area (Å²) in [7, 11) is 2.17. The normalized spacial score (nSPS) is 16.9. The van der Waals surface area contributed by atoms with Crippen LogP contribution in [0.15, 0.2) is 12.1 Å². The van der Waals surface area contributed by atoms with E-state index in [4.69, 9.17) is 0 Å². The van der Waals surface area contributed by atoms with Crippen LogP contribution >= 0.6 is 0 Å². The van der Waals surface area contributed by atoms with Crippen LogP contribution in [0.25, 0.3) is 0 Å². The standard InChI is InChI=1S/C17H27NO/c1-13-5-6-16(15(3)14(13)2)7-10-18(4)11-17(12-19)8-9-17/h5-6,19H,7-12H2,1-4H3. The van der Waals surface area contributed by atoms with Crippen molar-refractivity contribution in [2.45, 2.75) is 40.0 Å². The molecule has 0 heterocycles. The first kappa shape index (κ1) is 14.5. The molecule has 0 saturated heterocycles. The Labute approximate surface area is 117 Å². The molecule has 2 rings (SSSR count). The fourth-order valence-corrected chi connectivity index (χ4v) is 2.79. The van der Waals surface area contributed by atoms with Gasteiger partial charge in [-0.05, 0) is 69.3 Å². The second kappa shape index (κ2) is 5.64. The number of rotatable bonds is 6. The number of hydrogen-bond donors (Lipinski definition) is 1. The molecular weight excluding hydrogens is 234 g/mol. The van der Waals surface area contributed by atoms with Gasteiger partial charge in [0.1, 0.15) is 0 Å². The van der Waals surface area contributed by atoms with Gasteiger partial charge in [0.2, 0.25) is 0 Å². The van der Waals surface area contributed by atoms with Crippen LogP contribution in [0.5, 0.6) is 0 Å². The average molecular weight is 261 g/mol. The summed E-state index contributed by atoms with van der Waals surface area (Å²) in [6, 6.07) is 4.50. The SMILES string of the molecule is Cc1ccc(CCN(C)CC2(CO)CC2)c(C)c1C. The van der Waals surface area contributed by atoms with Gasteiger partial charge in [-0.3, -0.25) is 0 Å². The van der Waals surface area contributed by atoms with Crippen molar-refractivity contribution in [1.29, 1.82) is 0 Å². The molecule has 0 unspecified atom stereocenters. The summed E-state index contributed by atoms with van der Waals surface area (Å²) < 4.78 is 0. The molecule has 0 radical (unpaired) electrons. The Kier molecular flexibility index (Phi) is 4.32. The summed E-state index contributed by atoms with van der Waals surface area (Å²) in [5.41, 5.74) is 5.94. The fraction of sp³-hybridized carbons (Fsp3) is 0.647. The van der Waals surface area contributed by atoms with Gasteiger partial charge < -0.3 is 10.0 Å². The molecule has 0 amide bonds. The highest BCUT2D eigenvalue weighted by atomic mass is 16.3. The van der Waals surface area contributed by atoms with Gasteiger partial charge >= 0.3 is 0 Å². The Morgan fingerprint density at radius 3 is 2.42 bits per heavy atom. The first-order chi connectivity index (χ1) is 8.97. The molecule has 1 aromatic carbocycles. The molecule has 0 aliphatic heterocycles. The van der Waals surface area contributed by atoms with E-state index in [1.54, 1.807) is 0 Å². The molecule has 1 aliphatic carbocycles. The van der Waals surface area contributed by atoms with E-state index >= 15 is 0 Å². The molecule has 0 aromatic heterocycles. The average Bonchev–Trinajstić information content (AvgIpc) is 3.15. The Morgan fingerprint density at radius 2 is 1.84 bits per heavy atom. The topological polar surface area (TPSA) is 23.5 Å². The third kappa shape index (κ3) is 3.37. The highest BCUT2D eigenvalue weighted by Crippen LogP contribution is 2.45. The lowest BCUT2D eigenvalue weighted by Gasteiger charge is -2.22. The first-order valence-electron chi connectivity index (χ1n) is 7.32. The van der Waals surface area contributed by atoms with Crippen molar-refractivity contribution in [3.05, 3.63) is 34.4 Å². The van der Waals surface area contributed by atoms with Gasteiger partial charge in [-0.15, -0.1) is 0 Å². The molecule has 0 spiro atoms. The Bertz CT molecular complexity index is 449. The maximum Gasteiger partial charge on any atom is 0.0499 e. The lowest BCUT2D eigenvalue weighted by molar-refractivity contribution is 0.165. The van der Waals surface area contributed by atoms with Crippen molar-refractivity contribution in [1.82, 2.24) is 4.90 Å². The Hall–Kier alpha value is -0.860. The summed E-state index contributed by atoms with van der Waals surface area (Å²) >= 11 is 0. The molecule has 0 atom stereocenters. The summed E-state index contributed by atoms with van der Waals surface area (Å²) in [6.45, 7) is 9.07. The van der Waals surface area contributed by atoms with Gasteiger partial charge in [0.05, 0.1) is 0 Å². The van der Waals surface area contributed by atoms with E-state index in [1.165, 1.54) is 35.1 Å². The number of aliphatic hydroxyl groups excluding tert-OH is 1. The summed E-state index contributed by atoms with van der Waals surface area (Å²) in [5, 5.41) is 9.38. The van der Waals surface area contributed by atoms with Crippen LogP contribution in [0, 0.1) is 26.2 Å². The largest absolute Gasteiger partial charge is 0.396 e. The lowest BCUT2D eigenvalue weighted by atomic mass is 9.97. The number of aliphatic hydroxyl groups is 1. The zero-order chi connectivity index (χ0) is 14.0. The van der Waals surface area contributed by atoms with Gasteiger partial charge in [-0.25, -0.2) is 0 Å². The molecule has 19 heavy (non-hydrogen) atoms. The molecule has 106 valence electrons. The number of nitrogens with zero attached hydrogens (tertiary/aromatic N) is 1. The first-order valence-corrected chi connectivity index (χ1v) is 7.32. The monoisotopic (exact) mass is 261 g/mol. The minimum Gasteiger partial charge on any atom is -0.396 e. The highest BCUT2D eigenvalue weighted by Gasteiger charge is 2.42. The smallest absolute Gasteiger partial charge is 0.0499 e. The third-order valence-corrected chi connectivity index (χ3v) is 4.83. The van der Waals surface area contributed by atoms with Crippen LogP contribution in [0.2, 0.25) is 0 Å². The number of likely N-dealkylation sites (N-methyl/N-ethyl adjacent to an activating group) is 1. The molecule has 1 saturated carbocycles. The van der Waals surface area contributed by atoms with Gasteiger partial charge in [0, 0.05) is 25.1 Å². The van der Waals surface area contributed by atoms with Crippen LogP contribution in [-0.4, -0.2) is 36.8 Å². The zero-order valence-electron chi connectivity index (χ0n) is 12.8. The van der Waals surface area contributed by atoms with E-state index in [-0.39, 0.29) is 5.41 Å². The maximum absolute atomic E-state index is 9.38.